The van der Waals surface area contributed by atoms with E-state index in [1.165, 1.54) is 25.3 Å². The molecule has 3 aromatic rings. The molecule has 0 aromatic heterocycles. The van der Waals surface area contributed by atoms with E-state index in [1.54, 1.807) is 37.3 Å². The smallest absolute Gasteiger partial charge is 0.363 e. The highest BCUT2D eigenvalue weighted by Crippen LogP contribution is 2.38. The highest BCUT2D eigenvalue weighted by molar-refractivity contribution is 6.32. The van der Waals surface area contributed by atoms with E-state index in [2.05, 4.69) is 4.99 Å². The highest BCUT2D eigenvalue weighted by atomic mass is 35.5. The molecule has 0 N–H and O–H groups in total. The number of halogens is 2. The van der Waals surface area contributed by atoms with Gasteiger partial charge in [0.05, 0.1) is 17.1 Å². The van der Waals surface area contributed by atoms with Gasteiger partial charge in [0.2, 0.25) is 5.90 Å². The van der Waals surface area contributed by atoms with Crippen molar-refractivity contribution in [2.75, 3.05) is 7.11 Å². The first-order chi connectivity index (χ1) is 16.7. The van der Waals surface area contributed by atoms with Crippen molar-refractivity contribution in [3.8, 4) is 11.5 Å². The molecule has 4 rings (SSSR count). The van der Waals surface area contributed by atoms with Crippen molar-refractivity contribution in [3.05, 3.63) is 103 Å². The highest BCUT2D eigenvalue weighted by Gasteiger charge is 2.25. The number of benzene rings is 3. The molecule has 10 heteroatoms. The number of esters is 1. The molecule has 3 aromatic carbocycles. The van der Waals surface area contributed by atoms with Gasteiger partial charge in [-0.3, -0.25) is 10.1 Å². The van der Waals surface area contributed by atoms with Crippen LogP contribution < -0.4 is 9.47 Å². The lowest BCUT2D eigenvalue weighted by Gasteiger charge is -2.13. The molecule has 0 atom stereocenters. The molecule has 1 heterocycles. The standard InChI is InChI=1S/C25H18Cl2N2O6/c1-14-8-17(6-7-21(14)29(31)32)24-28-20(25(30)35-24)11-16-10-19(27)23(22(12-16)33-2)34-13-15-4-3-5-18(26)9-15/h3-12H,13H2,1-2H3/b20-11-. The van der Waals surface area contributed by atoms with Gasteiger partial charge < -0.3 is 14.2 Å². The molecule has 35 heavy (non-hydrogen) atoms. The van der Waals surface area contributed by atoms with Gasteiger partial charge in [0.1, 0.15) is 6.61 Å². The molecule has 8 nitrogen and oxygen atoms in total. The van der Waals surface area contributed by atoms with Gasteiger partial charge in [0.25, 0.3) is 5.69 Å². The summed E-state index contributed by atoms with van der Waals surface area (Å²) in [5.74, 6) is 0.106. The summed E-state index contributed by atoms with van der Waals surface area (Å²) in [6.45, 7) is 1.83. The Bertz CT molecular complexity index is 1400. The molecule has 0 amide bonds. The molecule has 0 saturated carbocycles. The molecular formula is C25H18Cl2N2O6. The van der Waals surface area contributed by atoms with Crippen molar-refractivity contribution in [1.29, 1.82) is 0 Å². The number of carbonyl (C=O) groups is 1. The van der Waals surface area contributed by atoms with E-state index in [9.17, 15) is 14.9 Å². The summed E-state index contributed by atoms with van der Waals surface area (Å²) >= 11 is 12.5. The normalized spacial score (nSPS) is 14.0. The predicted molar refractivity (Wildman–Crippen MR) is 132 cm³/mol. The van der Waals surface area contributed by atoms with E-state index >= 15 is 0 Å². The molecule has 0 aliphatic carbocycles. The van der Waals surface area contributed by atoms with Gasteiger partial charge in [-0.2, -0.15) is 0 Å². The first kappa shape index (κ1) is 24.3. The molecule has 1 aliphatic rings. The predicted octanol–water partition coefficient (Wildman–Crippen LogP) is 6.14. The fourth-order valence-electron chi connectivity index (χ4n) is 3.43. The van der Waals surface area contributed by atoms with Crippen LogP contribution in [0.2, 0.25) is 10.0 Å². The number of aryl methyl sites for hydroxylation is 1. The van der Waals surface area contributed by atoms with Crippen LogP contribution in [0.1, 0.15) is 22.3 Å². The third-order valence-corrected chi connectivity index (χ3v) is 5.60. The van der Waals surface area contributed by atoms with Crippen LogP contribution in [0.25, 0.3) is 6.08 Å². The monoisotopic (exact) mass is 512 g/mol. The largest absolute Gasteiger partial charge is 0.493 e. The fourth-order valence-corrected chi connectivity index (χ4v) is 3.92. The minimum absolute atomic E-state index is 0.0335. The van der Waals surface area contributed by atoms with Crippen LogP contribution in [0.3, 0.4) is 0 Å². The van der Waals surface area contributed by atoms with Crippen LogP contribution in [0, 0.1) is 17.0 Å². The Balaban J connectivity index is 1.59. The number of ether oxygens (including phenoxy) is 3. The summed E-state index contributed by atoms with van der Waals surface area (Å²) in [5, 5.41) is 11.9. The van der Waals surface area contributed by atoms with E-state index in [-0.39, 0.29) is 28.9 Å². The van der Waals surface area contributed by atoms with Crippen molar-refractivity contribution in [3.63, 3.8) is 0 Å². The number of aliphatic imine (C=N–C) groups is 1. The lowest BCUT2D eigenvalue weighted by molar-refractivity contribution is -0.385. The van der Waals surface area contributed by atoms with Gasteiger partial charge in [-0.1, -0.05) is 35.3 Å². The van der Waals surface area contributed by atoms with Crippen LogP contribution >= 0.6 is 23.2 Å². The lowest BCUT2D eigenvalue weighted by Crippen LogP contribution is -2.06. The number of carbonyl (C=O) groups excluding carboxylic acids is 1. The van der Waals surface area contributed by atoms with Gasteiger partial charge in [-0.05, 0) is 60.5 Å². The van der Waals surface area contributed by atoms with Gasteiger partial charge in [-0.15, -0.1) is 0 Å². The number of nitro benzene ring substituents is 1. The van der Waals surface area contributed by atoms with Crippen LogP contribution in [-0.2, 0) is 16.1 Å². The minimum atomic E-state index is -0.660. The summed E-state index contributed by atoms with van der Waals surface area (Å²) in [7, 11) is 1.48. The summed E-state index contributed by atoms with van der Waals surface area (Å²) in [4.78, 5) is 27.2. The van der Waals surface area contributed by atoms with Crippen molar-refractivity contribution >= 4 is 46.8 Å². The third kappa shape index (κ3) is 5.45. The Hall–Kier alpha value is -3.88. The quantitative estimate of drug-likeness (QED) is 0.163. The maximum Gasteiger partial charge on any atom is 0.363 e. The molecular weight excluding hydrogens is 495 g/mol. The molecule has 178 valence electrons. The SMILES string of the molecule is COc1cc(/C=C2\N=C(c3ccc([N+](=O)[O-])c(C)c3)OC2=O)cc(Cl)c1OCc1cccc(Cl)c1. The van der Waals surface area contributed by atoms with Gasteiger partial charge >= 0.3 is 5.97 Å². The van der Waals surface area contributed by atoms with Gasteiger partial charge in [0.15, 0.2) is 17.2 Å². The Labute approximate surface area is 210 Å². The second-order valence-corrected chi connectivity index (χ2v) is 8.39. The van der Waals surface area contributed by atoms with E-state index in [1.807, 2.05) is 12.1 Å². The number of nitro groups is 1. The first-order valence-electron chi connectivity index (χ1n) is 10.3. The van der Waals surface area contributed by atoms with Crippen LogP contribution in [-0.4, -0.2) is 23.9 Å². The van der Waals surface area contributed by atoms with Crippen molar-refractivity contribution in [2.24, 2.45) is 4.99 Å². The Kier molecular flexibility index (Phi) is 7.04. The van der Waals surface area contributed by atoms with Gasteiger partial charge in [0, 0.05) is 22.2 Å². The number of methoxy groups -OCH3 is 1. The third-order valence-electron chi connectivity index (χ3n) is 5.09. The zero-order valence-corrected chi connectivity index (χ0v) is 20.1. The second-order valence-electron chi connectivity index (χ2n) is 7.55. The van der Waals surface area contributed by atoms with Crippen LogP contribution in [0.15, 0.2) is 65.3 Å². The topological polar surface area (TPSA) is 100 Å². The Morgan fingerprint density at radius 3 is 2.63 bits per heavy atom. The average molecular weight is 513 g/mol. The minimum Gasteiger partial charge on any atom is -0.493 e. The van der Waals surface area contributed by atoms with E-state index in [0.717, 1.165) is 5.56 Å². The second kappa shape index (κ2) is 10.2. The van der Waals surface area contributed by atoms with E-state index < -0.39 is 10.9 Å². The molecule has 0 spiro atoms. The maximum atomic E-state index is 12.4. The number of hydrogen-bond acceptors (Lipinski definition) is 7. The number of hydrogen-bond donors (Lipinski definition) is 0. The maximum absolute atomic E-state index is 12.4. The van der Waals surface area contributed by atoms with Crippen molar-refractivity contribution in [2.45, 2.75) is 13.5 Å². The zero-order chi connectivity index (χ0) is 25.1. The first-order valence-corrected chi connectivity index (χ1v) is 11.0. The lowest BCUT2D eigenvalue weighted by atomic mass is 10.1. The van der Waals surface area contributed by atoms with Gasteiger partial charge in [-0.25, -0.2) is 9.79 Å². The molecule has 1 aliphatic heterocycles. The van der Waals surface area contributed by atoms with E-state index in [4.69, 9.17) is 37.4 Å². The zero-order valence-electron chi connectivity index (χ0n) is 18.6. The number of nitrogens with zero attached hydrogens (tertiary/aromatic N) is 2. The molecule has 0 saturated heterocycles. The average Bonchev–Trinajstić information content (AvgIpc) is 3.17. The van der Waals surface area contributed by atoms with Crippen LogP contribution in [0.4, 0.5) is 5.69 Å². The molecule has 0 unspecified atom stereocenters. The van der Waals surface area contributed by atoms with Crippen molar-refractivity contribution in [1.82, 2.24) is 0 Å². The summed E-state index contributed by atoms with van der Waals surface area (Å²) in [5.41, 5.74) is 2.28. The number of rotatable bonds is 7. The Morgan fingerprint density at radius 1 is 1.14 bits per heavy atom. The van der Waals surface area contributed by atoms with Crippen molar-refractivity contribution < 1.29 is 23.9 Å². The van der Waals surface area contributed by atoms with E-state index in [0.29, 0.717) is 33.2 Å². The summed E-state index contributed by atoms with van der Waals surface area (Å²) < 4.78 is 16.6. The summed E-state index contributed by atoms with van der Waals surface area (Å²) in [6, 6.07) is 14.9. The number of cyclic esters (lactones) is 1. The molecule has 0 fully saturated rings. The Morgan fingerprint density at radius 2 is 1.94 bits per heavy atom. The fraction of sp³-hybridized carbons (Fsp3) is 0.120. The van der Waals surface area contributed by atoms with Crippen LogP contribution in [0.5, 0.6) is 11.5 Å². The molecule has 0 radical (unpaired) electrons. The summed E-state index contributed by atoms with van der Waals surface area (Å²) in [6.07, 6.45) is 1.50. The molecule has 0 bridgehead atoms.